The quantitative estimate of drug-likeness (QED) is 0.487. The van der Waals surface area contributed by atoms with Gasteiger partial charge in [0.05, 0.1) is 15.9 Å². The number of likely N-dealkylation sites (N-methyl/N-ethyl adjacent to an activating group) is 1. The standard InChI is InChI=1S/2C7H8O3S.C6H14N2O/c2*1-6-2-4-7(5-3-6)11(8,9)10;1-7-5-3-8-4-6(5)9-2/h2*2-5H,1H3,(H,8,9,10);5-8H,3-4H2,1-2H3. The highest BCUT2D eigenvalue weighted by atomic mass is 32.2. The lowest BCUT2D eigenvalue weighted by atomic mass is 10.2. The van der Waals surface area contributed by atoms with Crippen molar-refractivity contribution in [3.8, 4) is 0 Å². The average Bonchev–Trinajstić information content (AvgIpc) is 3.16. The maximum Gasteiger partial charge on any atom is 0.294 e. The molecule has 2 aromatic carbocycles. The summed E-state index contributed by atoms with van der Waals surface area (Å²) in [6.45, 7) is 5.68. The van der Waals surface area contributed by atoms with Gasteiger partial charge in [-0.1, -0.05) is 35.4 Å². The zero-order valence-electron chi connectivity index (χ0n) is 17.9. The molecule has 3 rings (SSSR count). The van der Waals surface area contributed by atoms with Gasteiger partial charge in [-0.05, 0) is 45.2 Å². The maximum atomic E-state index is 10.5. The summed E-state index contributed by atoms with van der Waals surface area (Å²) < 4.78 is 64.3. The van der Waals surface area contributed by atoms with Crippen molar-refractivity contribution in [1.29, 1.82) is 0 Å². The zero-order valence-corrected chi connectivity index (χ0v) is 19.6. The summed E-state index contributed by atoms with van der Waals surface area (Å²) in [5.74, 6) is 0. The molecule has 0 amide bonds. The second-order valence-corrected chi connectivity index (χ2v) is 9.75. The molecule has 1 fully saturated rings. The normalized spacial score (nSPS) is 18.4. The van der Waals surface area contributed by atoms with Gasteiger partial charge < -0.3 is 15.4 Å². The number of aryl methyl sites for hydroxylation is 2. The molecule has 0 saturated carbocycles. The molecule has 2 unspecified atom stereocenters. The minimum absolute atomic E-state index is 0.0666. The van der Waals surface area contributed by atoms with Crippen LogP contribution < -0.4 is 10.6 Å². The van der Waals surface area contributed by atoms with E-state index in [0.717, 1.165) is 24.2 Å². The van der Waals surface area contributed by atoms with E-state index in [2.05, 4.69) is 10.6 Å². The molecule has 174 valence electrons. The molecule has 0 aliphatic carbocycles. The summed E-state index contributed by atoms with van der Waals surface area (Å²) >= 11 is 0. The van der Waals surface area contributed by atoms with Crippen molar-refractivity contribution in [2.45, 2.75) is 35.8 Å². The van der Waals surface area contributed by atoms with Crippen LogP contribution in [0.25, 0.3) is 0 Å². The van der Waals surface area contributed by atoms with Gasteiger partial charge in [0.2, 0.25) is 0 Å². The largest absolute Gasteiger partial charge is 0.378 e. The van der Waals surface area contributed by atoms with Crippen LogP contribution in [0.15, 0.2) is 58.3 Å². The van der Waals surface area contributed by atoms with Crippen LogP contribution in [0.4, 0.5) is 0 Å². The number of hydrogen-bond acceptors (Lipinski definition) is 7. The fourth-order valence-electron chi connectivity index (χ4n) is 2.61. The van der Waals surface area contributed by atoms with Crippen LogP contribution >= 0.6 is 0 Å². The summed E-state index contributed by atoms with van der Waals surface area (Å²) in [7, 11) is -4.33. The van der Waals surface area contributed by atoms with Crippen LogP contribution in [-0.4, -0.2) is 65.3 Å². The van der Waals surface area contributed by atoms with Gasteiger partial charge in [-0.2, -0.15) is 16.8 Å². The topological polar surface area (TPSA) is 142 Å². The smallest absolute Gasteiger partial charge is 0.294 e. The maximum absolute atomic E-state index is 10.5. The minimum Gasteiger partial charge on any atom is -0.378 e. The lowest BCUT2D eigenvalue weighted by molar-refractivity contribution is 0.0987. The number of ether oxygens (including phenoxy) is 1. The average molecular weight is 475 g/mol. The van der Waals surface area contributed by atoms with Crippen molar-refractivity contribution in [2.75, 3.05) is 27.2 Å². The molecule has 1 aliphatic rings. The second kappa shape index (κ2) is 12.2. The fourth-order valence-corrected chi connectivity index (χ4v) is 3.57. The summed E-state index contributed by atoms with van der Waals surface area (Å²) in [4.78, 5) is -0.133. The first-order chi connectivity index (χ1) is 14.4. The zero-order chi connectivity index (χ0) is 23.7. The van der Waals surface area contributed by atoms with Crippen molar-refractivity contribution in [3.63, 3.8) is 0 Å². The van der Waals surface area contributed by atoms with Crippen molar-refractivity contribution in [1.82, 2.24) is 10.6 Å². The van der Waals surface area contributed by atoms with Crippen molar-refractivity contribution >= 4 is 20.2 Å². The van der Waals surface area contributed by atoms with E-state index in [1.807, 2.05) is 20.9 Å². The van der Waals surface area contributed by atoms with Crippen LogP contribution in [0.5, 0.6) is 0 Å². The summed E-state index contributed by atoms with van der Waals surface area (Å²) in [5, 5.41) is 6.41. The van der Waals surface area contributed by atoms with E-state index >= 15 is 0 Å². The van der Waals surface area contributed by atoms with Crippen LogP contribution in [0.1, 0.15) is 11.1 Å². The molecule has 1 saturated heterocycles. The molecule has 0 aromatic heterocycles. The van der Waals surface area contributed by atoms with Crippen molar-refractivity contribution in [2.24, 2.45) is 0 Å². The number of rotatable bonds is 4. The van der Waals surface area contributed by atoms with Gasteiger partial charge in [-0.15, -0.1) is 0 Å². The van der Waals surface area contributed by atoms with Crippen LogP contribution in [-0.2, 0) is 25.0 Å². The monoisotopic (exact) mass is 474 g/mol. The van der Waals surface area contributed by atoms with E-state index in [1.165, 1.54) is 24.3 Å². The van der Waals surface area contributed by atoms with Crippen LogP contribution in [0.2, 0.25) is 0 Å². The molecule has 1 aliphatic heterocycles. The number of methoxy groups -OCH3 is 1. The van der Waals surface area contributed by atoms with Crippen molar-refractivity contribution in [3.05, 3.63) is 59.7 Å². The Morgan fingerprint density at radius 1 is 0.839 bits per heavy atom. The predicted molar refractivity (Wildman–Crippen MR) is 119 cm³/mol. The predicted octanol–water partition coefficient (Wildman–Crippen LogP) is 1.68. The van der Waals surface area contributed by atoms with Gasteiger partial charge in [0.1, 0.15) is 0 Å². The van der Waals surface area contributed by atoms with Gasteiger partial charge >= 0.3 is 0 Å². The molecule has 0 bridgehead atoms. The van der Waals surface area contributed by atoms with Gasteiger partial charge in [0.25, 0.3) is 20.2 Å². The van der Waals surface area contributed by atoms with E-state index in [0.29, 0.717) is 12.1 Å². The van der Waals surface area contributed by atoms with E-state index in [4.69, 9.17) is 13.8 Å². The summed E-state index contributed by atoms with van der Waals surface area (Å²) in [6, 6.07) is 12.5. The van der Waals surface area contributed by atoms with E-state index in [-0.39, 0.29) is 9.79 Å². The van der Waals surface area contributed by atoms with Crippen molar-refractivity contribution < 1.29 is 30.7 Å². The molecule has 0 spiro atoms. The van der Waals surface area contributed by atoms with Crippen LogP contribution in [0.3, 0.4) is 0 Å². The lowest BCUT2D eigenvalue weighted by Gasteiger charge is -2.14. The first-order valence-corrected chi connectivity index (χ1v) is 12.3. The third-order valence-corrected chi connectivity index (χ3v) is 6.21. The van der Waals surface area contributed by atoms with Gasteiger partial charge in [0, 0.05) is 26.2 Å². The van der Waals surface area contributed by atoms with Gasteiger partial charge in [-0.3, -0.25) is 9.11 Å². The lowest BCUT2D eigenvalue weighted by Crippen LogP contribution is -2.37. The van der Waals surface area contributed by atoms with E-state index in [1.54, 1.807) is 31.4 Å². The highest BCUT2D eigenvalue weighted by Gasteiger charge is 2.24. The Hall–Kier alpha value is -1.86. The highest BCUT2D eigenvalue weighted by molar-refractivity contribution is 7.86. The molecule has 2 atom stereocenters. The Balaban J connectivity index is 0.000000234. The Bertz CT molecular complexity index is 923. The summed E-state index contributed by atoms with van der Waals surface area (Å²) in [6.07, 6.45) is 0.356. The van der Waals surface area contributed by atoms with Gasteiger partial charge in [0.15, 0.2) is 0 Å². The first kappa shape index (κ1) is 27.2. The van der Waals surface area contributed by atoms with E-state index in [9.17, 15) is 16.8 Å². The SMILES string of the molecule is CNC1CNCC1OC.Cc1ccc(S(=O)(=O)O)cc1.Cc1ccc(S(=O)(=O)O)cc1. The third kappa shape index (κ3) is 9.87. The summed E-state index contributed by atoms with van der Waals surface area (Å²) in [5.41, 5.74) is 1.91. The second-order valence-electron chi connectivity index (χ2n) is 6.90. The molecular formula is C20H30N2O7S2. The minimum atomic E-state index is -4.02. The molecule has 2 aromatic rings. The molecule has 0 radical (unpaired) electrons. The Labute approximate surface area is 184 Å². The fraction of sp³-hybridized carbons (Fsp3) is 0.400. The molecule has 31 heavy (non-hydrogen) atoms. The molecule has 11 heteroatoms. The third-order valence-electron chi connectivity index (χ3n) is 4.47. The van der Waals surface area contributed by atoms with Gasteiger partial charge in [-0.25, -0.2) is 0 Å². The molecule has 9 nitrogen and oxygen atoms in total. The number of nitrogens with one attached hydrogen (secondary N) is 2. The Morgan fingerprint density at radius 3 is 1.48 bits per heavy atom. The Morgan fingerprint density at radius 2 is 1.23 bits per heavy atom. The number of benzene rings is 2. The first-order valence-electron chi connectivity index (χ1n) is 9.37. The van der Waals surface area contributed by atoms with Crippen LogP contribution in [0, 0.1) is 13.8 Å². The Kier molecular flexibility index (Phi) is 10.7. The molecular weight excluding hydrogens is 444 g/mol. The molecule has 4 N–H and O–H groups in total. The number of hydrogen-bond donors (Lipinski definition) is 4. The van der Waals surface area contributed by atoms with E-state index < -0.39 is 20.2 Å². The molecule has 1 heterocycles. The highest BCUT2D eigenvalue weighted by Crippen LogP contribution is 2.09.